The smallest absolute Gasteiger partial charge is 0.325 e. The molecule has 2 aliphatic heterocycles. The number of amides is 4. The van der Waals surface area contributed by atoms with Gasteiger partial charge < -0.3 is 15.4 Å². The van der Waals surface area contributed by atoms with Crippen molar-refractivity contribution in [3.05, 3.63) is 29.8 Å². The van der Waals surface area contributed by atoms with Gasteiger partial charge in [-0.05, 0) is 30.7 Å². The molecule has 28 heavy (non-hydrogen) atoms. The molecular formula is C20H25N3O5. The van der Waals surface area contributed by atoms with E-state index in [0.29, 0.717) is 30.7 Å². The molecule has 0 radical (unpaired) electrons. The highest BCUT2D eigenvalue weighted by atomic mass is 16.5. The summed E-state index contributed by atoms with van der Waals surface area (Å²) in [6.45, 7) is 2.29. The van der Waals surface area contributed by atoms with Gasteiger partial charge in [-0.3, -0.25) is 19.3 Å². The van der Waals surface area contributed by atoms with E-state index in [2.05, 4.69) is 17.6 Å². The molecule has 2 aliphatic rings. The molecule has 8 heteroatoms. The van der Waals surface area contributed by atoms with Crippen LogP contribution in [0.25, 0.3) is 0 Å². The molecule has 0 aromatic heterocycles. The lowest BCUT2D eigenvalue weighted by molar-refractivity contribution is -0.131. The lowest BCUT2D eigenvalue weighted by atomic mass is 9.99. The summed E-state index contributed by atoms with van der Waals surface area (Å²) < 4.78 is 5.23. The van der Waals surface area contributed by atoms with Gasteiger partial charge >= 0.3 is 6.03 Å². The van der Waals surface area contributed by atoms with Crippen molar-refractivity contribution in [3.63, 3.8) is 0 Å². The van der Waals surface area contributed by atoms with E-state index in [9.17, 15) is 19.2 Å². The number of rotatable bonds is 8. The first-order chi connectivity index (χ1) is 13.4. The number of ether oxygens (including phenoxy) is 1. The minimum absolute atomic E-state index is 0.0593. The molecule has 1 atom stereocenters. The summed E-state index contributed by atoms with van der Waals surface area (Å²) in [6.07, 6.45) is 3.78. The van der Waals surface area contributed by atoms with Gasteiger partial charge in [0.25, 0.3) is 5.91 Å². The van der Waals surface area contributed by atoms with Crippen molar-refractivity contribution in [1.29, 1.82) is 0 Å². The van der Waals surface area contributed by atoms with Crippen molar-refractivity contribution in [2.24, 2.45) is 0 Å². The van der Waals surface area contributed by atoms with Gasteiger partial charge in [0, 0.05) is 30.7 Å². The maximum absolute atomic E-state index is 12.6. The van der Waals surface area contributed by atoms with Gasteiger partial charge in [-0.15, -0.1) is 0 Å². The van der Waals surface area contributed by atoms with E-state index >= 15 is 0 Å². The van der Waals surface area contributed by atoms with E-state index in [1.807, 2.05) is 0 Å². The lowest BCUT2D eigenvalue weighted by Crippen LogP contribution is -2.47. The van der Waals surface area contributed by atoms with Crippen molar-refractivity contribution < 1.29 is 23.9 Å². The first-order valence-corrected chi connectivity index (χ1v) is 9.60. The predicted molar refractivity (Wildman–Crippen MR) is 102 cm³/mol. The van der Waals surface area contributed by atoms with Crippen LogP contribution in [0.3, 0.4) is 0 Å². The fourth-order valence-electron chi connectivity index (χ4n) is 3.39. The third kappa shape index (κ3) is 4.22. The van der Waals surface area contributed by atoms with Crippen LogP contribution >= 0.6 is 0 Å². The number of imide groups is 1. The third-order valence-electron chi connectivity index (χ3n) is 5.07. The molecule has 0 bridgehead atoms. The van der Waals surface area contributed by atoms with Gasteiger partial charge in [0.15, 0.2) is 5.78 Å². The second kappa shape index (κ2) is 8.52. The summed E-state index contributed by atoms with van der Waals surface area (Å²) in [6, 6.07) is 5.87. The molecule has 0 saturated carbocycles. The molecule has 1 unspecified atom stereocenters. The number of nitrogens with zero attached hydrogens (tertiary/aromatic N) is 1. The second-order valence-electron chi connectivity index (χ2n) is 7.21. The lowest BCUT2D eigenvalue weighted by Gasteiger charge is -2.18. The summed E-state index contributed by atoms with van der Waals surface area (Å²) in [7, 11) is 0. The highest BCUT2D eigenvalue weighted by molar-refractivity contribution is 6.11. The fourth-order valence-corrected chi connectivity index (χ4v) is 3.39. The number of benzene rings is 1. The zero-order valence-corrected chi connectivity index (χ0v) is 16.0. The number of carbonyl (C=O) groups excluding carboxylic acids is 4. The van der Waals surface area contributed by atoms with Gasteiger partial charge in [0.1, 0.15) is 5.54 Å². The number of Topliss-reactive ketones (excluding diaryl/α,β-unsaturated/α-hetero) is 1. The molecule has 2 saturated heterocycles. The minimum Gasteiger partial charge on any atom is -0.378 e. The van der Waals surface area contributed by atoms with Crippen LogP contribution in [0.2, 0.25) is 0 Å². The summed E-state index contributed by atoms with van der Waals surface area (Å²) in [5.41, 5.74) is -0.0492. The number of carbonyl (C=O) groups is 4. The fraction of sp³-hybridized carbons (Fsp3) is 0.500. The summed E-state index contributed by atoms with van der Waals surface area (Å²) in [5, 5.41) is 5.44. The van der Waals surface area contributed by atoms with Gasteiger partial charge in [-0.1, -0.05) is 19.8 Å². The van der Waals surface area contributed by atoms with Crippen LogP contribution in [0.4, 0.5) is 10.5 Å². The van der Waals surface area contributed by atoms with Crippen LogP contribution in [0.1, 0.15) is 49.4 Å². The standard InChI is InChI=1S/C20H25N3O5/c1-2-3-4-5-17(25)21-15-8-6-14(7-9-15)16(24)12-23-18(26)20(22-19(23)27)10-11-28-13-20/h6-9H,2-5,10-13H2,1H3,(H,21,25)(H,22,27). The monoisotopic (exact) mass is 387 g/mol. The average molecular weight is 387 g/mol. The van der Waals surface area contributed by atoms with Crippen molar-refractivity contribution in [1.82, 2.24) is 10.2 Å². The van der Waals surface area contributed by atoms with Crippen molar-refractivity contribution >= 4 is 29.3 Å². The van der Waals surface area contributed by atoms with Crippen molar-refractivity contribution in [3.8, 4) is 0 Å². The van der Waals surface area contributed by atoms with Crippen LogP contribution in [0, 0.1) is 0 Å². The van der Waals surface area contributed by atoms with Crippen LogP contribution in [-0.4, -0.2) is 53.8 Å². The molecule has 1 spiro atoms. The van der Waals surface area contributed by atoms with Crippen molar-refractivity contribution in [2.45, 2.75) is 44.6 Å². The quantitative estimate of drug-likeness (QED) is 0.404. The van der Waals surface area contributed by atoms with Gasteiger partial charge in [0.05, 0.1) is 13.2 Å². The molecule has 4 amide bonds. The minimum atomic E-state index is -1.02. The maximum atomic E-state index is 12.6. The molecule has 8 nitrogen and oxygen atoms in total. The zero-order valence-electron chi connectivity index (χ0n) is 16.0. The van der Waals surface area contributed by atoms with Crippen LogP contribution in [0.5, 0.6) is 0 Å². The third-order valence-corrected chi connectivity index (χ3v) is 5.07. The Kier molecular flexibility index (Phi) is 6.08. The van der Waals surface area contributed by atoms with Crippen LogP contribution < -0.4 is 10.6 Å². The van der Waals surface area contributed by atoms with Gasteiger partial charge in [-0.2, -0.15) is 0 Å². The van der Waals surface area contributed by atoms with E-state index in [0.717, 1.165) is 24.2 Å². The van der Waals surface area contributed by atoms with E-state index in [1.165, 1.54) is 0 Å². The SMILES string of the molecule is CCCCCC(=O)Nc1ccc(C(=O)CN2C(=O)NC3(CCOC3)C2=O)cc1. The number of hydrogen-bond acceptors (Lipinski definition) is 5. The molecule has 150 valence electrons. The van der Waals surface area contributed by atoms with E-state index in [-0.39, 0.29) is 24.8 Å². The Balaban J connectivity index is 1.57. The van der Waals surface area contributed by atoms with Crippen LogP contribution in [0.15, 0.2) is 24.3 Å². The van der Waals surface area contributed by atoms with E-state index < -0.39 is 17.5 Å². The molecule has 2 fully saturated rings. The molecule has 0 aliphatic carbocycles. The summed E-state index contributed by atoms with van der Waals surface area (Å²) in [4.78, 5) is 50.0. The Bertz CT molecular complexity index is 769. The van der Waals surface area contributed by atoms with E-state index in [1.54, 1.807) is 24.3 Å². The first kappa shape index (κ1) is 20.0. The Hall–Kier alpha value is -2.74. The Morgan fingerprint density at radius 1 is 1.21 bits per heavy atom. The molecule has 1 aromatic rings. The highest BCUT2D eigenvalue weighted by Crippen LogP contribution is 2.27. The summed E-state index contributed by atoms with van der Waals surface area (Å²) in [5.74, 6) is -0.824. The molecular weight excluding hydrogens is 362 g/mol. The van der Waals surface area contributed by atoms with Crippen LogP contribution in [-0.2, 0) is 14.3 Å². The Labute approximate surface area is 163 Å². The number of nitrogens with one attached hydrogen (secondary N) is 2. The zero-order chi connectivity index (χ0) is 20.1. The number of ketones is 1. The van der Waals surface area contributed by atoms with Gasteiger partial charge in [0.2, 0.25) is 5.91 Å². The van der Waals surface area contributed by atoms with Crippen molar-refractivity contribution in [2.75, 3.05) is 25.1 Å². The molecule has 2 N–H and O–H groups in total. The molecule has 3 rings (SSSR count). The number of unbranched alkanes of at least 4 members (excludes halogenated alkanes) is 2. The second-order valence-corrected chi connectivity index (χ2v) is 7.21. The first-order valence-electron chi connectivity index (χ1n) is 9.60. The number of hydrogen-bond donors (Lipinski definition) is 2. The topological polar surface area (TPSA) is 105 Å². The number of urea groups is 1. The molecule has 1 aromatic carbocycles. The summed E-state index contributed by atoms with van der Waals surface area (Å²) >= 11 is 0. The number of anilines is 1. The Morgan fingerprint density at radius 3 is 2.61 bits per heavy atom. The predicted octanol–water partition coefficient (Wildman–Crippen LogP) is 2.10. The van der Waals surface area contributed by atoms with Gasteiger partial charge in [-0.25, -0.2) is 4.79 Å². The average Bonchev–Trinajstić information content (AvgIpc) is 3.23. The largest absolute Gasteiger partial charge is 0.378 e. The highest BCUT2D eigenvalue weighted by Gasteiger charge is 2.53. The normalized spacial score (nSPS) is 21.2. The molecule has 2 heterocycles. The Morgan fingerprint density at radius 2 is 1.96 bits per heavy atom. The van der Waals surface area contributed by atoms with E-state index in [4.69, 9.17) is 4.74 Å². The maximum Gasteiger partial charge on any atom is 0.325 e.